The van der Waals surface area contributed by atoms with Crippen molar-refractivity contribution in [3.8, 4) is 11.9 Å². The highest BCUT2D eigenvalue weighted by Crippen LogP contribution is 2.29. The van der Waals surface area contributed by atoms with Gasteiger partial charge < -0.3 is 9.47 Å². The molecule has 0 radical (unpaired) electrons. The zero-order valence-corrected chi connectivity index (χ0v) is 20.5. The molecule has 0 saturated carbocycles. The molecular weight excluding hydrogens is 432 g/mol. The lowest BCUT2D eigenvalue weighted by atomic mass is 10.2. The standard InChI is InChI=1S/C21H28N4O4SSi/c1-8-9-16-18(31(5,6)7)17-19(22-21(29-4)23-20(17)28-3)25(16)24-30(26,27)15-12-10-14(2)11-13-15/h8,10-13,24H,1,9H2,2-7H3. The number of ether oxygens (including phenoxy) is 2. The summed E-state index contributed by atoms with van der Waals surface area (Å²) >= 11 is 0. The summed E-state index contributed by atoms with van der Waals surface area (Å²) in [6, 6.07) is 6.76. The number of aryl methyl sites for hydroxylation is 1. The van der Waals surface area contributed by atoms with Crippen molar-refractivity contribution < 1.29 is 17.9 Å². The first-order valence-corrected chi connectivity index (χ1v) is 14.8. The summed E-state index contributed by atoms with van der Waals surface area (Å²) in [6.07, 6.45) is 2.18. The molecule has 31 heavy (non-hydrogen) atoms. The van der Waals surface area contributed by atoms with Crippen LogP contribution in [0.1, 0.15) is 11.3 Å². The van der Waals surface area contributed by atoms with Gasteiger partial charge in [0.25, 0.3) is 10.0 Å². The summed E-state index contributed by atoms with van der Waals surface area (Å²) in [5.74, 6) is 0.345. The van der Waals surface area contributed by atoms with E-state index in [1.165, 1.54) is 18.9 Å². The quantitative estimate of drug-likeness (QED) is 0.410. The zero-order valence-electron chi connectivity index (χ0n) is 18.7. The molecule has 0 aliphatic carbocycles. The Bertz CT molecular complexity index is 1230. The van der Waals surface area contributed by atoms with Crippen molar-refractivity contribution in [2.24, 2.45) is 0 Å². The summed E-state index contributed by atoms with van der Waals surface area (Å²) in [7, 11) is -2.91. The van der Waals surface area contributed by atoms with E-state index in [2.05, 4.69) is 41.0 Å². The van der Waals surface area contributed by atoms with E-state index in [1.807, 2.05) is 6.92 Å². The summed E-state index contributed by atoms with van der Waals surface area (Å²) < 4.78 is 38.8. The third kappa shape index (κ3) is 4.31. The Morgan fingerprint density at radius 2 is 1.77 bits per heavy atom. The maximum atomic E-state index is 13.2. The molecule has 8 nitrogen and oxygen atoms in total. The lowest BCUT2D eigenvalue weighted by Crippen LogP contribution is -2.41. The topological polar surface area (TPSA) is 95.3 Å². The van der Waals surface area contributed by atoms with E-state index in [-0.39, 0.29) is 10.9 Å². The van der Waals surface area contributed by atoms with Gasteiger partial charge >= 0.3 is 6.01 Å². The minimum atomic E-state index is -3.88. The van der Waals surface area contributed by atoms with Crippen LogP contribution in [0.4, 0.5) is 0 Å². The predicted octanol–water partition coefficient (Wildman–Crippen LogP) is 2.96. The Kier molecular flexibility index (Phi) is 6.15. The van der Waals surface area contributed by atoms with Crippen molar-refractivity contribution in [3.05, 3.63) is 48.2 Å². The molecule has 0 bridgehead atoms. The molecule has 3 aromatic rings. The van der Waals surface area contributed by atoms with Crippen molar-refractivity contribution in [1.29, 1.82) is 0 Å². The number of allylic oxidation sites excluding steroid dienone is 1. The second kappa shape index (κ2) is 8.35. The van der Waals surface area contributed by atoms with Crippen LogP contribution in [0.15, 0.2) is 41.8 Å². The SMILES string of the molecule is C=CCc1c([Si](C)(C)C)c2c(OC)nc(OC)nc2n1NS(=O)(=O)c1ccc(C)cc1. The van der Waals surface area contributed by atoms with Gasteiger partial charge in [0.2, 0.25) is 5.88 Å². The van der Waals surface area contributed by atoms with Gasteiger partial charge in [-0.25, -0.2) is 9.51 Å². The molecule has 1 N–H and O–H groups in total. The van der Waals surface area contributed by atoms with Gasteiger partial charge in [-0.05, 0) is 24.2 Å². The van der Waals surface area contributed by atoms with E-state index in [9.17, 15) is 8.42 Å². The second-order valence-corrected chi connectivity index (χ2v) is 14.9. The minimum Gasteiger partial charge on any atom is -0.480 e. The number of nitrogens with one attached hydrogen (secondary N) is 1. The number of fused-ring (bicyclic) bond motifs is 1. The van der Waals surface area contributed by atoms with Crippen molar-refractivity contribution in [3.63, 3.8) is 0 Å². The minimum absolute atomic E-state index is 0.0879. The highest BCUT2D eigenvalue weighted by Gasteiger charge is 2.32. The Labute approximate surface area is 184 Å². The van der Waals surface area contributed by atoms with Gasteiger partial charge in [0.15, 0.2) is 5.65 Å². The molecule has 0 atom stereocenters. The molecule has 1 aromatic carbocycles. The predicted molar refractivity (Wildman–Crippen MR) is 125 cm³/mol. The molecule has 2 heterocycles. The summed E-state index contributed by atoms with van der Waals surface area (Å²) in [6.45, 7) is 12.3. The van der Waals surface area contributed by atoms with E-state index in [4.69, 9.17) is 9.47 Å². The first-order valence-electron chi connectivity index (χ1n) is 9.77. The number of sulfonamides is 1. The summed E-state index contributed by atoms with van der Waals surface area (Å²) in [4.78, 5) is 11.7. The monoisotopic (exact) mass is 460 g/mol. The van der Waals surface area contributed by atoms with Gasteiger partial charge in [-0.3, -0.25) is 0 Å². The van der Waals surface area contributed by atoms with Crippen LogP contribution in [-0.4, -0.2) is 45.4 Å². The summed E-state index contributed by atoms with van der Waals surface area (Å²) in [5, 5.41) is 1.69. The van der Waals surface area contributed by atoms with Crippen LogP contribution < -0.4 is 19.5 Å². The van der Waals surface area contributed by atoms with Crippen LogP contribution in [-0.2, 0) is 16.4 Å². The van der Waals surface area contributed by atoms with Crippen LogP contribution in [0, 0.1) is 6.92 Å². The number of benzene rings is 1. The van der Waals surface area contributed by atoms with Crippen LogP contribution in [0.25, 0.3) is 11.0 Å². The third-order valence-electron chi connectivity index (χ3n) is 4.86. The molecule has 0 aliphatic rings. The van der Waals surface area contributed by atoms with Crippen molar-refractivity contribution >= 4 is 34.3 Å². The van der Waals surface area contributed by atoms with Gasteiger partial charge in [0.1, 0.15) is 0 Å². The molecule has 0 spiro atoms. The van der Waals surface area contributed by atoms with E-state index in [0.29, 0.717) is 23.3 Å². The lowest BCUT2D eigenvalue weighted by molar-refractivity contribution is 0.356. The smallest absolute Gasteiger partial charge is 0.321 e. The molecule has 2 aromatic heterocycles. The number of hydrogen-bond acceptors (Lipinski definition) is 6. The fourth-order valence-electron chi connectivity index (χ4n) is 3.54. The van der Waals surface area contributed by atoms with E-state index >= 15 is 0 Å². The fraction of sp³-hybridized carbons (Fsp3) is 0.333. The van der Waals surface area contributed by atoms with Crippen molar-refractivity contribution in [2.75, 3.05) is 19.1 Å². The number of nitrogens with zero attached hydrogens (tertiary/aromatic N) is 3. The highest BCUT2D eigenvalue weighted by molar-refractivity contribution is 7.92. The van der Waals surface area contributed by atoms with E-state index in [0.717, 1.165) is 16.4 Å². The normalized spacial score (nSPS) is 12.1. The van der Waals surface area contributed by atoms with Crippen LogP contribution >= 0.6 is 0 Å². The van der Waals surface area contributed by atoms with Crippen LogP contribution in [0.5, 0.6) is 11.9 Å². The molecule has 0 unspecified atom stereocenters. The second-order valence-electron chi connectivity index (χ2n) is 8.23. The average Bonchev–Trinajstić information content (AvgIpc) is 3.01. The van der Waals surface area contributed by atoms with Gasteiger partial charge in [0.05, 0.1) is 32.6 Å². The molecule has 166 valence electrons. The zero-order chi connectivity index (χ0) is 23.0. The van der Waals surface area contributed by atoms with Crippen molar-refractivity contribution in [1.82, 2.24) is 14.6 Å². The van der Waals surface area contributed by atoms with Crippen LogP contribution in [0.2, 0.25) is 19.6 Å². The van der Waals surface area contributed by atoms with Gasteiger partial charge in [-0.15, -0.1) is 6.58 Å². The van der Waals surface area contributed by atoms with E-state index < -0.39 is 18.1 Å². The fourth-order valence-corrected chi connectivity index (χ4v) is 6.63. The maximum absolute atomic E-state index is 13.2. The Morgan fingerprint density at radius 1 is 1.13 bits per heavy atom. The molecule has 10 heteroatoms. The van der Waals surface area contributed by atoms with Crippen molar-refractivity contribution in [2.45, 2.75) is 37.9 Å². The van der Waals surface area contributed by atoms with Crippen LogP contribution in [0.3, 0.4) is 0 Å². The summed E-state index contributed by atoms with van der Waals surface area (Å²) in [5.41, 5.74) is 2.12. The first kappa shape index (κ1) is 22.8. The van der Waals surface area contributed by atoms with Gasteiger partial charge in [-0.2, -0.15) is 18.4 Å². The molecular formula is C21H28N4O4SSi. The number of rotatable bonds is 8. The largest absolute Gasteiger partial charge is 0.480 e. The molecule has 3 rings (SSSR count). The number of methoxy groups -OCH3 is 2. The Hall–Kier alpha value is -2.85. The number of hydrogen-bond donors (Lipinski definition) is 1. The van der Waals surface area contributed by atoms with E-state index in [1.54, 1.807) is 30.3 Å². The highest BCUT2D eigenvalue weighted by atomic mass is 32.2. The Balaban J connectivity index is 2.37. The average molecular weight is 461 g/mol. The molecule has 0 fully saturated rings. The molecule has 0 amide bonds. The first-order chi connectivity index (χ1) is 14.5. The molecule has 0 aliphatic heterocycles. The lowest BCUT2D eigenvalue weighted by Gasteiger charge is -2.19. The molecule has 0 saturated heterocycles. The van der Waals surface area contributed by atoms with Gasteiger partial charge in [0, 0.05) is 12.1 Å². The third-order valence-corrected chi connectivity index (χ3v) is 8.22. The maximum Gasteiger partial charge on any atom is 0.321 e. The van der Waals surface area contributed by atoms with Gasteiger partial charge in [-0.1, -0.05) is 43.4 Å². The Morgan fingerprint density at radius 3 is 2.29 bits per heavy atom. The number of aromatic nitrogens is 3.